The molecule has 1 heterocycles. The fourth-order valence-corrected chi connectivity index (χ4v) is 2.93. The Balaban J connectivity index is 2.39. The van der Waals surface area contributed by atoms with Gasteiger partial charge < -0.3 is 0 Å². The summed E-state index contributed by atoms with van der Waals surface area (Å²) in [5.41, 5.74) is 2.33. The van der Waals surface area contributed by atoms with Crippen molar-refractivity contribution in [2.45, 2.75) is 12.8 Å². The lowest BCUT2D eigenvalue weighted by atomic mass is 9.90. The van der Waals surface area contributed by atoms with Crippen LogP contribution in [0.3, 0.4) is 0 Å². The van der Waals surface area contributed by atoms with Gasteiger partial charge in [0, 0.05) is 10.9 Å². The predicted octanol–water partition coefficient (Wildman–Crippen LogP) is 4.31. The number of hydrogen-bond acceptors (Lipinski definition) is 3. The third-order valence-electron chi connectivity index (χ3n) is 2.74. The minimum Gasteiger partial charge on any atom is -0.292 e. The van der Waals surface area contributed by atoms with Gasteiger partial charge in [-0.15, -0.1) is 11.3 Å². The number of rotatable bonds is 3. The van der Waals surface area contributed by atoms with E-state index in [0.29, 0.717) is 5.56 Å². The molecule has 0 fully saturated rings. The lowest BCUT2D eigenvalue weighted by molar-refractivity contribution is 0.0979. The molecule has 0 saturated carbocycles. The Morgan fingerprint density at radius 1 is 1.44 bits per heavy atom. The highest BCUT2D eigenvalue weighted by atomic mass is 79.9. The van der Waals surface area contributed by atoms with E-state index in [0.717, 1.165) is 14.9 Å². The van der Waals surface area contributed by atoms with E-state index >= 15 is 0 Å². The molecule has 1 aromatic heterocycles. The summed E-state index contributed by atoms with van der Waals surface area (Å²) in [6, 6.07) is 11.4. The van der Waals surface area contributed by atoms with Gasteiger partial charge in [-0.05, 0) is 40.0 Å². The van der Waals surface area contributed by atoms with Gasteiger partial charge in [0.05, 0.1) is 9.86 Å². The van der Waals surface area contributed by atoms with Crippen molar-refractivity contribution in [3.05, 3.63) is 56.2 Å². The quantitative estimate of drug-likeness (QED) is 0.791. The third-order valence-corrected chi connectivity index (χ3v) is 4.25. The van der Waals surface area contributed by atoms with E-state index in [4.69, 9.17) is 0 Å². The lowest BCUT2D eigenvalue weighted by Crippen LogP contribution is -2.11. The second kappa shape index (κ2) is 5.47. The van der Waals surface area contributed by atoms with Crippen molar-refractivity contribution >= 4 is 33.0 Å². The van der Waals surface area contributed by atoms with Gasteiger partial charge in [-0.25, -0.2) is 0 Å². The first kappa shape index (κ1) is 13.0. The normalized spacial score (nSPS) is 11.8. The van der Waals surface area contributed by atoms with Crippen molar-refractivity contribution in [3.8, 4) is 6.07 Å². The van der Waals surface area contributed by atoms with Crippen LogP contribution in [0.4, 0.5) is 0 Å². The zero-order chi connectivity index (χ0) is 13.1. The van der Waals surface area contributed by atoms with Crippen molar-refractivity contribution in [2.75, 3.05) is 0 Å². The Morgan fingerprint density at radius 2 is 2.17 bits per heavy atom. The molecule has 1 aromatic carbocycles. The Labute approximate surface area is 118 Å². The van der Waals surface area contributed by atoms with E-state index < -0.39 is 5.92 Å². The lowest BCUT2D eigenvalue weighted by Gasteiger charge is -2.10. The zero-order valence-electron chi connectivity index (χ0n) is 9.68. The number of aryl methyl sites for hydroxylation is 1. The van der Waals surface area contributed by atoms with Crippen LogP contribution in [0, 0.1) is 18.3 Å². The molecule has 2 nitrogen and oxygen atoms in total. The highest BCUT2D eigenvalue weighted by Gasteiger charge is 2.23. The van der Waals surface area contributed by atoms with Crippen LogP contribution < -0.4 is 0 Å². The van der Waals surface area contributed by atoms with Crippen LogP contribution in [-0.2, 0) is 0 Å². The molecule has 0 radical (unpaired) electrons. The van der Waals surface area contributed by atoms with Crippen molar-refractivity contribution in [3.63, 3.8) is 0 Å². The minimum atomic E-state index is -0.729. The molecule has 0 saturated heterocycles. The molecule has 2 rings (SSSR count). The van der Waals surface area contributed by atoms with E-state index in [9.17, 15) is 10.1 Å². The van der Waals surface area contributed by atoms with Crippen LogP contribution in [-0.4, -0.2) is 5.78 Å². The molecular weight excluding hydrogens is 310 g/mol. The number of nitrogens with zero attached hydrogens (tertiary/aromatic N) is 1. The summed E-state index contributed by atoms with van der Waals surface area (Å²) in [6.07, 6.45) is 0. The van der Waals surface area contributed by atoms with Gasteiger partial charge in [0.1, 0.15) is 5.92 Å². The maximum Gasteiger partial charge on any atom is 0.185 e. The number of nitriles is 1. The average Bonchev–Trinajstić information content (AvgIpc) is 2.79. The van der Waals surface area contributed by atoms with Crippen LogP contribution in [0.15, 0.2) is 39.5 Å². The van der Waals surface area contributed by atoms with Crippen molar-refractivity contribution in [2.24, 2.45) is 0 Å². The third kappa shape index (κ3) is 2.53. The monoisotopic (exact) mass is 319 g/mol. The number of benzene rings is 1. The molecule has 1 unspecified atom stereocenters. The van der Waals surface area contributed by atoms with Crippen LogP contribution >= 0.6 is 27.3 Å². The molecule has 0 spiro atoms. The fourth-order valence-electron chi connectivity index (χ4n) is 1.79. The molecule has 0 N–H and O–H groups in total. The molecule has 0 aliphatic rings. The second-order valence-electron chi connectivity index (χ2n) is 3.92. The molecule has 90 valence electrons. The summed E-state index contributed by atoms with van der Waals surface area (Å²) in [5.74, 6) is -0.874. The first-order valence-corrected chi connectivity index (χ1v) is 7.04. The number of thiophene rings is 1. The van der Waals surface area contributed by atoms with Crippen molar-refractivity contribution in [1.82, 2.24) is 0 Å². The highest BCUT2D eigenvalue weighted by Crippen LogP contribution is 2.27. The maximum absolute atomic E-state index is 12.3. The topological polar surface area (TPSA) is 40.9 Å². The average molecular weight is 320 g/mol. The molecule has 4 heteroatoms. The molecule has 0 aliphatic carbocycles. The number of hydrogen-bond donors (Lipinski definition) is 0. The summed E-state index contributed by atoms with van der Waals surface area (Å²) in [4.78, 5) is 12.3. The molecule has 0 amide bonds. The molecule has 0 bridgehead atoms. The first-order chi connectivity index (χ1) is 8.63. The largest absolute Gasteiger partial charge is 0.292 e. The molecule has 1 atom stereocenters. The van der Waals surface area contributed by atoms with Gasteiger partial charge in [0.15, 0.2) is 5.78 Å². The van der Waals surface area contributed by atoms with Gasteiger partial charge in [-0.1, -0.05) is 24.3 Å². The smallest absolute Gasteiger partial charge is 0.185 e. The summed E-state index contributed by atoms with van der Waals surface area (Å²) in [7, 11) is 0. The van der Waals surface area contributed by atoms with Gasteiger partial charge in [0.25, 0.3) is 0 Å². The molecule has 2 aromatic rings. The Morgan fingerprint density at radius 3 is 2.72 bits per heavy atom. The van der Waals surface area contributed by atoms with E-state index in [-0.39, 0.29) is 5.78 Å². The molecular formula is C14H10BrNOS. The van der Waals surface area contributed by atoms with Crippen LogP contribution in [0.25, 0.3) is 0 Å². The standard InChI is InChI=1S/C14H10BrNOS/c1-9-4-2-3-5-11(9)12(7-16)14(17)10-6-13(15)18-8-10/h2-6,8,12H,1H3. The van der Waals surface area contributed by atoms with Crippen LogP contribution in [0.2, 0.25) is 0 Å². The number of carbonyl (C=O) groups excluding carboxylic acids is 1. The Hall–Kier alpha value is -1.44. The summed E-state index contributed by atoms with van der Waals surface area (Å²) in [5, 5.41) is 11.0. The summed E-state index contributed by atoms with van der Waals surface area (Å²) < 4.78 is 0.896. The summed E-state index contributed by atoms with van der Waals surface area (Å²) in [6.45, 7) is 1.91. The second-order valence-corrected chi connectivity index (χ2v) is 6.21. The first-order valence-electron chi connectivity index (χ1n) is 5.37. The van der Waals surface area contributed by atoms with E-state index in [1.807, 2.05) is 31.2 Å². The Bertz CT molecular complexity index is 627. The summed E-state index contributed by atoms with van der Waals surface area (Å²) >= 11 is 4.77. The van der Waals surface area contributed by atoms with Gasteiger partial charge in [-0.3, -0.25) is 4.79 Å². The van der Waals surface area contributed by atoms with E-state index in [2.05, 4.69) is 22.0 Å². The SMILES string of the molecule is Cc1ccccc1C(C#N)C(=O)c1csc(Br)c1. The highest BCUT2D eigenvalue weighted by molar-refractivity contribution is 9.11. The van der Waals surface area contributed by atoms with E-state index in [1.165, 1.54) is 11.3 Å². The molecule has 0 aliphatic heterocycles. The number of ketones is 1. The number of halogens is 1. The van der Waals surface area contributed by atoms with Crippen molar-refractivity contribution < 1.29 is 4.79 Å². The Kier molecular flexibility index (Phi) is 3.95. The maximum atomic E-state index is 12.3. The zero-order valence-corrected chi connectivity index (χ0v) is 12.1. The van der Waals surface area contributed by atoms with E-state index in [1.54, 1.807) is 11.4 Å². The number of Topliss-reactive ketones (excluding diaryl/α,β-unsaturated/α-hetero) is 1. The van der Waals surface area contributed by atoms with Crippen LogP contribution in [0.5, 0.6) is 0 Å². The van der Waals surface area contributed by atoms with Crippen LogP contribution in [0.1, 0.15) is 27.4 Å². The predicted molar refractivity (Wildman–Crippen MR) is 75.9 cm³/mol. The number of carbonyl (C=O) groups is 1. The van der Waals surface area contributed by atoms with Gasteiger partial charge >= 0.3 is 0 Å². The minimum absolute atomic E-state index is 0.145. The van der Waals surface area contributed by atoms with Gasteiger partial charge in [0.2, 0.25) is 0 Å². The van der Waals surface area contributed by atoms with Gasteiger partial charge in [-0.2, -0.15) is 5.26 Å². The fraction of sp³-hybridized carbons (Fsp3) is 0.143. The molecule has 18 heavy (non-hydrogen) atoms. The van der Waals surface area contributed by atoms with Crippen molar-refractivity contribution in [1.29, 1.82) is 5.26 Å².